The van der Waals surface area contributed by atoms with E-state index >= 15 is 4.39 Å². The summed E-state index contributed by atoms with van der Waals surface area (Å²) in [5, 5.41) is 68.3. The first-order valence-electron chi connectivity index (χ1n) is 32.7. The molecule has 36 heteroatoms. The largest absolute Gasteiger partial charge is 0.501 e. The number of nitrogens with one attached hydrogen (secondary N) is 1. The maximum atomic E-state index is 15.5. The SMILES string of the molecule is CC[C@@]1(O)C(=O)OCc2c1cc1n(c2=O)Cc2c-1nc1cc(F)c(C)c3c1c2[C@@H](NC(=O)/C(C)=N\OCc1ccc(OS(=O)(=O)Oc2cc(C(=O)N(C)CCOCCOCCOCCn4cc(COCCOCCN5C(=O)C=CC5=O)nn4)ccc2OC2O[C@H](C(=O)O)[C@@H](O)[C@H](O)[C@H]2O)cc1)CC3. The molecule has 6 aromatic rings. The number of carbonyl (C=O) groups is 6. The van der Waals surface area contributed by atoms with Gasteiger partial charge in [0.2, 0.25) is 6.29 Å². The summed E-state index contributed by atoms with van der Waals surface area (Å²) in [6, 6.07) is 10.7. The van der Waals surface area contributed by atoms with Crippen LogP contribution in [0.5, 0.6) is 17.2 Å². The summed E-state index contributed by atoms with van der Waals surface area (Å²) in [4.78, 5) is 102. The highest BCUT2D eigenvalue weighted by molar-refractivity contribution is 7.82. The molecule has 0 saturated carbocycles. The highest BCUT2D eigenvalue weighted by Gasteiger charge is 2.49. The summed E-state index contributed by atoms with van der Waals surface area (Å²) in [5.74, 6) is -6.70. The smallest absolute Gasteiger partial charge is 0.479 e. The zero-order valence-electron chi connectivity index (χ0n) is 56.1. The van der Waals surface area contributed by atoms with Crippen molar-refractivity contribution in [3.8, 4) is 28.6 Å². The first-order chi connectivity index (χ1) is 49.3. The van der Waals surface area contributed by atoms with Crippen molar-refractivity contribution in [2.75, 3.05) is 79.6 Å². The Morgan fingerprint density at radius 2 is 1.51 bits per heavy atom. The van der Waals surface area contributed by atoms with Crippen LogP contribution in [-0.4, -0.2) is 220 Å². The lowest BCUT2D eigenvalue weighted by molar-refractivity contribution is -0.271. The predicted molar refractivity (Wildman–Crippen MR) is 350 cm³/mol. The standard InChI is InChI=1S/C67H74FN9O25S/c1-5-67(89)45-29-49-56-43(32-77(49)63(85)44(45)35-97-66(67)88)55-47(12-11-42-36(2)46(68)30-48(69-56)54(42)55)70-61(83)37(3)72-98-33-38-6-9-41(10-7-38)101-103(90,91)102-51-28-39(8-13-50(51)99-65-59(82)57(80)58(81)60(100-65)64(86)87)62(84)74(4)16-19-92-22-24-95-25-23-93-20-17-75-31-40(71-73-75)34-96-27-26-94-21-18-76-52(78)14-15-53(76)79/h6-10,13-15,28-31,47,57-60,65,80-82,89H,5,11-12,16-27,32-35H2,1-4H3,(H,70,83)(H,86,87)/b72-37-/t47-,57-,58-,59+,60-,65?,67-/m0/s1. The zero-order chi connectivity index (χ0) is 73.4. The summed E-state index contributed by atoms with van der Waals surface area (Å²) in [6.07, 6.45) is -5.65. The Labute approximate surface area is 586 Å². The number of pyridine rings is 2. The first kappa shape index (κ1) is 74.5. The van der Waals surface area contributed by atoms with Crippen molar-refractivity contribution >= 4 is 62.6 Å². The molecule has 550 valence electrons. The number of carboxylic acid groups (broad SMARTS) is 1. The van der Waals surface area contributed by atoms with E-state index in [0.717, 1.165) is 17.0 Å². The van der Waals surface area contributed by atoms with E-state index in [2.05, 4.69) is 20.8 Å². The lowest BCUT2D eigenvalue weighted by atomic mass is 9.81. The van der Waals surface area contributed by atoms with Crippen molar-refractivity contribution in [1.29, 1.82) is 0 Å². The number of carboxylic acids is 1. The van der Waals surface area contributed by atoms with Crippen molar-refractivity contribution in [1.82, 2.24) is 39.7 Å². The summed E-state index contributed by atoms with van der Waals surface area (Å²) in [7, 11) is -3.72. The quantitative estimate of drug-likeness (QED) is 0.0108. The van der Waals surface area contributed by atoms with Gasteiger partial charge in [-0.05, 0) is 91.8 Å². The van der Waals surface area contributed by atoms with Gasteiger partial charge in [0, 0.05) is 53.9 Å². The molecule has 0 bridgehead atoms. The molecule has 0 spiro atoms. The fraction of sp³-hybridized carbons (Fsp3) is 0.448. The second-order valence-electron chi connectivity index (χ2n) is 24.4. The number of amides is 4. The number of nitrogens with zero attached hydrogens (tertiary/aromatic N) is 8. The lowest BCUT2D eigenvalue weighted by Gasteiger charge is -2.38. The van der Waals surface area contributed by atoms with E-state index in [-0.39, 0.29) is 144 Å². The van der Waals surface area contributed by atoms with Gasteiger partial charge >= 0.3 is 22.3 Å². The highest BCUT2D eigenvalue weighted by Crippen LogP contribution is 2.46. The van der Waals surface area contributed by atoms with Crippen molar-refractivity contribution in [3.63, 3.8) is 0 Å². The van der Waals surface area contributed by atoms with E-state index in [1.54, 1.807) is 30.8 Å². The maximum absolute atomic E-state index is 15.5. The molecule has 0 radical (unpaired) electrons. The Hall–Kier alpha value is -9.73. The van der Waals surface area contributed by atoms with E-state index in [9.17, 15) is 67.5 Å². The van der Waals surface area contributed by atoms with Gasteiger partial charge in [-0.15, -0.1) is 13.5 Å². The summed E-state index contributed by atoms with van der Waals surface area (Å²) in [6.45, 7) is 6.86. The molecule has 7 heterocycles. The molecule has 103 heavy (non-hydrogen) atoms. The number of hydrogen-bond acceptors (Lipinski definition) is 28. The molecule has 5 aliphatic rings. The minimum atomic E-state index is -5.16. The van der Waals surface area contributed by atoms with Crippen LogP contribution in [0.3, 0.4) is 0 Å². The lowest BCUT2D eigenvalue weighted by Crippen LogP contribution is -2.61. The predicted octanol–water partition coefficient (Wildman–Crippen LogP) is 1.07. The molecular formula is C67H74FN9O25S. The van der Waals surface area contributed by atoms with Crippen LogP contribution in [0.15, 0.2) is 82.9 Å². The van der Waals surface area contributed by atoms with Crippen LogP contribution in [0.4, 0.5) is 4.39 Å². The Morgan fingerprint density at radius 3 is 2.22 bits per heavy atom. The van der Waals surface area contributed by atoms with Gasteiger partial charge in [0.15, 0.2) is 23.2 Å². The number of halogens is 1. The highest BCUT2D eigenvalue weighted by atomic mass is 32.3. The zero-order valence-corrected chi connectivity index (χ0v) is 56.9. The second kappa shape index (κ2) is 32.3. The molecule has 1 aliphatic carbocycles. The number of aliphatic carboxylic acids is 1. The monoisotopic (exact) mass is 1460 g/mol. The average Bonchev–Trinajstić information content (AvgIpc) is 1.60. The second-order valence-corrected chi connectivity index (χ2v) is 25.6. The Bertz CT molecular complexity index is 4460. The van der Waals surface area contributed by atoms with Gasteiger partial charge in [-0.3, -0.25) is 28.9 Å². The van der Waals surface area contributed by atoms with Crippen molar-refractivity contribution in [2.45, 2.75) is 115 Å². The number of ether oxygens (including phenoxy) is 8. The number of likely N-dealkylation sites (N-methyl/N-ethyl adjacent to an activating group) is 1. The molecule has 4 amide bonds. The van der Waals surface area contributed by atoms with Crippen molar-refractivity contribution in [3.05, 3.63) is 139 Å². The number of carbonyl (C=O) groups excluding carboxylic acids is 5. The number of cyclic esters (lactones) is 1. The van der Waals surface area contributed by atoms with Crippen LogP contribution in [0.2, 0.25) is 0 Å². The Balaban J connectivity index is 0.651. The molecule has 34 nitrogen and oxygen atoms in total. The van der Waals surface area contributed by atoms with E-state index in [1.165, 1.54) is 72.0 Å². The number of rotatable bonds is 34. The topological polar surface area (TPSA) is 436 Å². The molecule has 11 rings (SSSR count). The normalized spacial score (nSPS) is 20.5. The van der Waals surface area contributed by atoms with Crippen LogP contribution >= 0.6 is 0 Å². The van der Waals surface area contributed by atoms with E-state index in [0.29, 0.717) is 76.3 Å². The molecular weight excluding hydrogens is 1380 g/mol. The number of fused-ring (bicyclic) bond motifs is 5. The molecule has 3 aromatic carbocycles. The number of esters is 1. The van der Waals surface area contributed by atoms with E-state index < -0.39 is 99.4 Å². The Kier molecular flexibility index (Phi) is 23.3. The third-order valence-corrected chi connectivity index (χ3v) is 18.5. The van der Waals surface area contributed by atoms with E-state index in [4.69, 9.17) is 56.1 Å². The van der Waals surface area contributed by atoms with Crippen molar-refractivity contribution < 1.29 is 118 Å². The number of oxime groups is 1. The number of benzene rings is 3. The van der Waals surface area contributed by atoms with Crippen LogP contribution in [0.25, 0.3) is 22.3 Å². The average molecular weight is 1460 g/mol. The molecule has 4 aliphatic heterocycles. The number of aryl methyl sites for hydroxylation is 1. The van der Waals surface area contributed by atoms with Gasteiger partial charge in [0.25, 0.3) is 29.2 Å². The molecule has 3 aromatic heterocycles. The summed E-state index contributed by atoms with van der Waals surface area (Å²) >= 11 is 0. The third kappa shape index (κ3) is 16.7. The van der Waals surface area contributed by atoms with Crippen LogP contribution < -0.4 is 24.0 Å². The molecule has 1 unspecified atom stereocenters. The van der Waals surface area contributed by atoms with Gasteiger partial charge in [-0.1, -0.05) is 29.4 Å². The first-order valence-corrected chi connectivity index (χ1v) is 34.0. The molecule has 1 saturated heterocycles. The number of aromatic nitrogens is 5. The summed E-state index contributed by atoms with van der Waals surface area (Å²) in [5.41, 5.74) is 1.64. The van der Waals surface area contributed by atoms with Gasteiger partial charge in [-0.25, -0.2) is 23.6 Å². The number of aliphatic hydroxyl groups is 4. The van der Waals surface area contributed by atoms with Gasteiger partial charge in [0.1, 0.15) is 54.5 Å². The molecule has 1 fully saturated rings. The number of aliphatic hydroxyl groups excluding tert-OH is 3. The van der Waals surface area contributed by atoms with Crippen molar-refractivity contribution in [2.24, 2.45) is 5.16 Å². The van der Waals surface area contributed by atoms with Gasteiger partial charge in [-0.2, -0.15) is 0 Å². The third-order valence-electron chi connectivity index (χ3n) is 17.7. The molecule has 7 atom stereocenters. The van der Waals surface area contributed by atoms with Gasteiger partial charge in [0.05, 0.1) is 120 Å². The minimum Gasteiger partial charge on any atom is -0.479 e. The van der Waals surface area contributed by atoms with E-state index in [1.807, 2.05) is 0 Å². The fourth-order valence-electron chi connectivity index (χ4n) is 12.1. The Morgan fingerprint density at radius 1 is 0.825 bits per heavy atom. The maximum Gasteiger partial charge on any atom is 0.501 e. The van der Waals surface area contributed by atoms with Crippen LogP contribution in [-0.2, 0) is 117 Å². The molecule has 6 N–H and O–H groups in total. The van der Waals surface area contributed by atoms with Crippen LogP contribution in [0, 0.1) is 12.7 Å². The summed E-state index contributed by atoms with van der Waals surface area (Å²) < 4.78 is 100. The number of hydrogen-bond donors (Lipinski definition) is 6. The van der Waals surface area contributed by atoms with Crippen LogP contribution in [0.1, 0.15) is 87.7 Å². The van der Waals surface area contributed by atoms with Gasteiger partial charge < -0.3 is 91.4 Å². The fourth-order valence-corrected chi connectivity index (χ4v) is 12.8. The number of imide groups is 1. The minimum absolute atomic E-state index is 0.0199.